The van der Waals surface area contributed by atoms with Gasteiger partial charge in [-0.15, -0.1) is 0 Å². The van der Waals surface area contributed by atoms with Crippen LogP contribution in [-0.4, -0.2) is 34.0 Å². The van der Waals surface area contributed by atoms with Gasteiger partial charge in [0.05, 0.1) is 11.1 Å². The maximum Gasteiger partial charge on any atom is 0.417 e. The number of carbonyl (C=O) groups excluding carboxylic acids is 1. The molecular formula is C13H12F3NO3S. The number of thioether (sulfide) groups is 1. The zero-order chi connectivity index (χ0) is 15.7. The molecule has 1 atom stereocenters. The summed E-state index contributed by atoms with van der Waals surface area (Å²) < 4.78 is 38.6. The topological polar surface area (TPSA) is 66.4 Å². The molecule has 4 nitrogen and oxygen atoms in total. The minimum absolute atomic E-state index is 0.141. The Morgan fingerprint density at radius 3 is 2.48 bits per heavy atom. The lowest BCUT2D eigenvalue weighted by Crippen LogP contribution is -2.55. The summed E-state index contributed by atoms with van der Waals surface area (Å²) >= 11 is 1.34. The Morgan fingerprint density at radius 2 is 1.95 bits per heavy atom. The summed E-state index contributed by atoms with van der Waals surface area (Å²) in [4.78, 5) is 23.4. The number of rotatable bonds is 3. The quantitative estimate of drug-likeness (QED) is 0.898. The fourth-order valence-electron chi connectivity index (χ4n) is 2.10. The number of halogens is 3. The van der Waals surface area contributed by atoms with Crippen molar-refractivity contribution in [2.45, 2.75) is 18.1 Å². The van der Waals surface area contributed by atoms with Crippen molar-refractivity contribution in [3.05, 3.63) is 35.4 Å². The first kappa shape index (κ1) is 15.7. The Labute approximate surface area is 122 Å². The largest absolute Gasteiger partial charge is 0.479 e. The number of carboxylic acid groups (broad SMARTS) is 1. The smallest absolute Gasteiger partial charge is 0.417 e. The van der Waals surface area contributed by atoms with Gasteiger partial charge in [-0.25, -0.2) is 4.79 Å². The van der Waals surface area contributed by atoms with E-state index in [0.29, 0.717) is 5.75 Å². The standard InChI is InChI=1S/C13H12F3NO3S/c14-13(15,16)9-4-2-1-3-8(9)10(18)17-12(11(19)20)5-6-21-7-12/h1-4H,5-7H2,(H,17,18)(H,19,20). The van der Waals surface area contributed by atoms with Crippen LogP contribution in [0.25, 0.3) is 0 Å². The van der Waals surface area contributed by atoms with Crippen molar-refractivity contribution in [2.24, 2.45) is 0 Å². The molecule has 1 amide bonds. The van der Waals surface area contributed by atoms with Gasteiger partial charge in [0.1, 0.15) is 5.54 Å². The van der Waals surface area contributed by atoms with E-state index in [9.17, 15) is 27.9 Å². The molecule has 1 unspecified atom stereocenters. The van der Waals surface area contributed by atoms with E-state index < -0.39 is 34.7 Å². The molecule has 2 N–H and O–H groups in total. The van der Waals surface area contributed by atoms with Crippen LogP contribution in [0.3, 0.4) is 0 Å². The van der Waals surface area contributed by atoms with Gasteiger partial charge >= 0.3 is 12.1 Å². The van der Waals surface area contributed by atoms with Crippen LogP contribution < -0.4 is 5.32 Å². The fraction of sp³-hybridized carbons (Fsp3) is 0.385. The first-order valence-electron chi connectivity index (χ1n) is 6.06. The second-order valence-electron chi connectivity index (χ2n) is 4.69. The minimum Gasteiger partial charge on any atom is -0.479 e. The van der Waals surface area contributed by atoms with Crippen LogP contribution in [-0.2, 0) is 11.0 Å². The van der Waals surface area contributed by atoms with Crippen molar-refractivity contribution in [3.8, 4) is 0 Å². The number of amides is 1. The van der Waals surface area contributed by atoms with E-state index in [1.807, 2.05) is 0 Å². The maximum atomic E-state index is 12.9. The van der Waals surface area contributed by atoms with Crippen molar-refractivity contribution in [3.63, 3.8) is 0 Å². The summed E-state index contributed by atoms with van der Waals surface area (Å²) in [7, 11) is 0. The highest BCUT2D eigenvalue weighted by Crippen LogP contribution is 2.33. The molecule has 0 aliphatic carbocycles. The van der Waals surface area contributed by atoms with E-state index in [4.69, 9.17) is 0 Å². The highest BCUT2D eigenvalue weighted by Gasteiger charge is 2.44. The number of hydrogen-bond acceptors (Lipinski definition) is 3. The van der Waals surface area contributed by atoms with Crippen LogP contribution in [0.15, 0.2) is 24.3 Å². The van der Waals surface area contributed by atoms with Crippen molar-refractivity contribution in [1.29, 1.82) is 0 Å². The normalized spacial score (nSPS) is 22.0. The average Bonchev–Trinajstić information content (AvgIpc) is 2.87. The molecule has 1 saturated heterocycles. The highest BCUT2D eigenvalue weighted by atomic mass is 32.2. The Hall–Kier alpha value is -1.70. The Kier molecular flexibility index (Phi) is 4.18. The lowest BCUT2D eigenvalue weighted by atomic mass is 9.97. The Balaban J connectivity index is 2.31. The lowest BCUT2D eigenvalue weighted by Gasteiger charge is -2.25. The molecule has 114 valence electrons. The second kappa shape index (κ2) is 5.59. The van der Waals surface area contributed by atoms with Gasteiger partial charge in [0.2, 0.25) is 0 Å². The molecule has 1 aromatic rings. The monoisotopic (exact) mass is 319 g/mol. The summed E-state index contributed by atoms with van der Waals surface area (Å²) in [5.41, 5.74) is -3.14. The third-order valence-electron chi connectivity index (χ3n) is 3.26. The molecule has 0 spiro atoms. The zero-order valence-electron chi connectivity index (χ0n) is 10.7. The Bertz CT molecular complexity index is 568. The SMILES string of the molecule is O=C(NC1(C(=O)O)CCSC1)c1ccccc1C(F)(F)F. The molecular weight excluding hydrogens is 307 g/mol. The number of benzene rings is 1. The molecule has 0 aromatic heterocycles. The molecule has 2 rings (SSSR count). The number of alkyl halides is 3. The van der Waals surface area contributed by atoms with Gasteiger partial charge < -0.3 is 10.4 Å². The first-order valence-corrected chi connectivity index (χ1v) is 7.22. The average molecular weight is 319 g/mol. The fourth-order valence-corrected chi connectivity index (χ4v) is 3.42. The van der Waals surface area contributed by atoms with Crippen molar-refractivity contribution in [1.82, 2.24) is 5.32 Å². The molecule has 1 aliphatic heterocycles. The number of carbonyl (C=O) groups is 2. The van der Waals surface area contributed by atoms with Crippen LogP contribution in [0.1, 0.15) is 22.3 Å². The maximum absolute atomic E-state index is 12.9. The summed E-state index contributed by atoms with van der Waals surface area (Å²) in [6, 6.07) is 4.32. The van der Waals surface area contributed by atoms with Crippen molar-refractivity contribution < 1.29 is 27.9 Å². The first-order chi connectivity index (χ1) is 9.76. The van der Waals surface area contributed by atoms with Gasteiger partial charge in [-0.3, -0.25) is 4.79 Å². The van der Waals surface area contributed by atoms with Gasteiger partial charge in [-0.05, 0) is 24.3 Å². The lowest BCUT2D eigenvalue weighted by molar-refractivity contribution is -0.143. The van der Waals surface area contributed by atoms with E-state index in [1.165, 1.54) is 23.9 Å². The van der Waals surface area contributed by atoms with Crippen LogP contribution in [0.2, 0.25) is 0 Å². The van der Waals surface area contributed by atoms with Gasteiger partial charge in [0, 0.05) is 5.75 Å². The molecule has 0 radical (unpaired) electrons. The number of carboxylic acids is 1. The molecule has 21 heavy (non-hydrogen) atoms. The summed E-state index contributed by atoms with van der Waals surface area (Å²) in [6.07, 6.45) is -4.48. The van der Waals surface area contributed by atoms with E-state index in [0.717, 1.165) is 12.1 Å². The van der Waals surface area contributed by atoms with Crippen LogP contribution in [0.5, 0.6) is 0 Å². The number of nitrogens with one attached hydrogen (secondary N) is 1. The van der Waals surface area contributed by atoms with Gasteiger partial charge in [0.15, 0.2) is 0 Å². The molecule has 8 heteroatoms. The highest BCUT2D eigenvalue weighted by molar-refractivity contribution is 7.99. The third-order valence-corrected chi connectivity index (χ3v) is 4.45. The molecule has 0 saturated carbocycles. The molecule has 1 heterocycles. The molecule has 1 fully saturated rings. The second-order valence-corrected chi connectivity index (χ2v) is 5.79. The number of aliphatic carboxylic acids is 1. The molecule has 1 aromatic carbocycles. The van der Waals surface area contributed by atoms with Crippen molar-refractivity contribution in [2.75, 3.05) is 11.5 Å². The summed E-state index contributed by atoms with van der Waals surface area (Å²) in [5, 5.41) is 11.5. The minimum atomic E-state index is -4.67. The van der Waals surface area contributed by atoms with Crippen LogP contribution in [0, 0.1) is 0 Å². The van der Waals surface area contributed by atoms with E-state index >= 15 is 0 Å². The van der Waals surface area contributed by atoms with E-state index in [2.05, 4.69) is 5.32 Å². The van der Waals surface area contributed by atoms with E-state index in [-0.39, 0.29) is 12.2 Å². The predicted octanol–water partition coefficient (Wildman–Crippen LogP) is 2.40. The predicted molar refractivity (Wildman–Crippen MR) is 71.2 cm³/mol. The third kappa shape index (κ3) is 3.15. The van der Waals surface area contributed by atoms with Crippen LogP contribution in [0.4, 0.5) is 13.2 Å². The summed E-state index contributed by atoms with van der Waals surface area (Å²) in [6.45, 7) is 0. The Morgan fingerprint density at radius 1 is 1.29 bits per heavy atom. The zero-order valence-corrected chi connectivity index (χ0v) is 11.6. The number of hydrogen-bond donors (Lipinski definition) is 2. The van der Waals surface area contributed by atoms with Crippen LogP contribution >= 0.6 is 11.8 Å². The molecule has 0 bridgehead atoms. The van der Waals surface area contributed by atoms with Gasteiger partial charge in [-0.1, -0.05) is 12.1 Å². The van der Waals surface area contributed by atoms with Crippen molar-refractivity contribution >= 4 is 23.6 Å². The molecule has 1 aliphatic rings. The van der Waals surface area contributed by atoms with E-state index in [1.54, 1.807) is 0 Å². The summed E-state index contributed by atoms with van der Waals surface area (Å²) in [5.74, 6) is -1.58. The van der Waals surface area contributed by atoms with Gasteiger partial charge in [-0.2, -0.15) is 24.9 Å². The van der Waals surface area contributed by atoms with Gasteiger partial charge in [0.25, 0.3) is 5.91 Å².